The molecular weight excluding hydrogens is 396 g/mol. The average Bonchev–Trinajstić information content (AvgIpc) is 3.28. The number of halogens is 1. The van der Waals surface area contributed by atoms with Crippen molar-refractivity contribution >= 4 is 28.8 Å². The zero-order valence-electron chi connectivity index (χ0n) is 15.8. The third-order valence-corrected chi connectivity index (χ3v) is 6.08. The number of carbonyl (C=O) groups is 1. The summed E-state index contributed by atoms with van der Waals surface area (Å²) in [4.78, 5) is 23.6. The van der Waals surface area contributed by atoms with E-state index in [1.807, 2.05) is 36.9 Å². The topological polar surface area (TPSA) is 62.5 Å². The van der Waals surface area contributed by atoms with Crippen molar-refractivity contribution in [1.29, 1.82) is 0 Å². The molecule has 0 N–H and O–H groups in total. The lowest BCUT2D eigenvalue weighted by Gasteiger charge is -2.34. The molecule has 0 saturated carbocycles. The number of aryl methyl sites for hydroxylation is 2. The third-order valence-electron chi connectivity index (χ3n) is 4.86. The van der Waals surface area contributed by atoms with Crippen LogP contribution in [0.2, 0.25) is 5.02 Å². The van der Waals surface area contributed by atoms with E-state index >= 15 is 0 Å². The molecule has 0 bridgehead atoms. The fourth-order valence-electron chi connectivity index (χ4n) is 3.35. The summed E-state index contributed by atoms with van der Waals surface area (Å²) in [6.07, 6.45) is 0. The first-order chi connectivity index (χ1) is 13.5. The molecule has 0 radical (unpaired) electrons. The molecule has 6 nitrogen and oxygen atoms in total. The number of rotatable bonds is 4. The van der Waals surface area contributed by atoms with E-state index in [0.29, 0.717) is 36.4 Å². The van der Waals surface area contributed by atoms with Gasteiger partial charge in [0.25, 0.3) is 5.91 Å². The van der Waals surface area contributed by atoms with Gasteiger partial charge in [-0.25, -0.2) is 0 Å². The van der Waals surface area contributed by atoms with Crippen molar-refractivity contribution in [2.75, 3.05) is 26.2 Å². The largest absolute Gasteiger partial charge is 0.338 e. The van der Waals surface area contributed by atoms with Crippen molar-refractivity contribution in [3.63, 3.8) is 0 Å². The van der Waals surface area contributed by atoms with Gasteiger partial charge in [0.05, 0.1) is 12.1 Å². The summed E-state index contributed by atoms with van der Waals surface area (Å²) in [7, 11) is 0. The Balaban J connectivity index is 1.34. The summed E-state index contributed by atoms with van der Waals surface area (Å²) in [5, 5.41) is 4.73. The summed E-state index contributed by atoms with van der Waals surface area (Å²) in [6.45, 7) is 7.60. The molecule has 1 aromatic carbocycles. The first-order valence-corrected chi connectivity index (χ1v) is 10.4. The maximum atomic E-state index is 12.7. The molecule has 0 unspecified atom stereocenters. The van der Waals surface area contributed by atoms with Gasteiger partial charge >= 0.3 is 0 Å². The SMILES string of the molecule is Cc1cc(C(=O)N2CCN(Cc3nc(-c4ccc(Cl)cc4)no3)CC2)c(C)s1. The molecule has 0 aliphatic carbocycles. The minimum Gasteiger partial charge on any atom is -0.338 e. The Morgan fingerprint density at radius 3 is 2.54 bits per heavy atom. The minimum absolute atomic E-state index is 0.129. The number of aromatic nitrogens is 2. The molecule has 1 fully saturated rings. The number of hydrogen-bond donors (Lipinski definition) is 0. The number of amides is 1. The third kappa shape index (κ3) is 4.11. The second kappa shape index (κ2) is 8.03. The smallest absolute Gasteiger partial charge is 0.255 e. The molecule has 1 amide bonds. The van der Waals surface area contributed by atoms with Crippen molar-refractivity contribution in [2.45, 2.75) is 20.4 Å². The van der Waals surface area contributed by atoms with Crippen LogP contribution in [0, 0.1) is 13.8 Å². The molecule has 0 spiro atoms. The molecule has 1 aliphatic rings. The van der Waals surface area contributed by atoms with Crippen LogP contribution in [0.5, 0.6) is 0 Å². The van der Waals surface area contributed by atoms with Crippen LogP contribution in [0.1, 0.15) is 26.0 Å². The Hall–Kier alpha value is -2.22. The second-order valence-electron chi connectivity index (χ2n) is 6.91. The van der Waals surface area contributed by atoms with E-state index in [1.54, 1.807) is 23.5 Å². The molecule has 0 atom stereocenters. The number of benzene rings is 1. The standard InChI is InChI=1S/C20H21ClN4O2S/c1-13-11-17(14(2)28-13)20(26)25-9-7-24(8-10-25)12-18-22-19(23-27-18)15-3-5-16(21)6-4-15/h3-6,11H,7-10,12H2,1-2H3. The maximum absolute atomic E-state index is 12.7. The van der Waals surface area contributed by atoms with Gasteiger partial charge in [0.15, 0.2) is 0 Å². The normalized spacial score (nSPS) is 15.2. The van der Waals surface area contributed by atoms with E-state index in [1.165, 1.54) is 4.88 Å². The Kier molecular flexibility index (Phi) is 5.48. The summed E-state index contributed by atoms with van der Waals surface area (Å²) in [5.74, 6) is 1.27. The number of carbonyl (C=O) groups excluding carboxylic acids is 1. The van der Waals surface area contributed by atoms with Crippen LogP contribution >= 0.6 is 22.9 Å². The lowest BCUT2D eigenvalue weighted by molar-refractivity contribution is 0.0615. The van der Waals surface area contributed by atoms with E-state index in [9.17, 15) is 4.79 Å². The predicted octanol–water partition coefficient (Wildman–Crippen LogP) is 4.03. The quantitative estimate of drug-likeness (QED) is 0.642. The van der Waals surface area contributed by atoms with Gasteiger partial charge in [-0.15, -0.1) is 11.3 Å². The zero-order chi connectivity index (χ0) is 19.7. The number of nitrogens with zero attached hydrogens (tertiary/aromatic N) is 4. The summed E-state index contributed by atoms with van der Waals surface area (Å²) >= 11 is 7.59. The van der Waals surface area contributed by atoms with Crippen LogP contribution in [-0.2, 0) is 6.54 Å². The summed E-state index contributed by atoms with van der Waals surface area (Å²) < 4.78 is 5.40. The van der Waals surface area contributed by atoms with Gasteiger partial charge in [-0.1, -0.05) is 16.8 Å². The zero-order valence-corrected chi connectivity index (χ0v) is 17.4. The first kappa shape index (κ1) is 19.1. The van der Waals surface area contributed by atoms with Crippen LogP contribution in [0.15, 0.2) is 34.9 Å². The maximum Gasteiger partial charge on any atom is 0.255 e. The van der Waals surface area contributed by atoms with Crippen molar-refractivity contribution in [1.82, 2.24) is 19.9 Å². The molecule has 3 aromatic rings. The average molecular weight is 417 g/mol. The second-order valence-corrected chi connectivity index (χ2v) is 8.81. The van der Waals surface area contributed by atoms with E-state index < -0.39 is 0 Å². The number of hydrogen-bond acceptors (Lipinski definition) is 6. The van der Waals surface area contributed by atoms with Gasteiger partial charge in [-0.05, 0) is 44.2 Å². The van der Waals surface area contributed by atoms with E-state index in [0.717, 1.165) is 29.1 Å². The van der Waals surface area contributed by atoms with Crippen LogP contribution in [0.25, 0.3) is 11.4 Å². The highest BCUT2D eigenvalue weighted by Gasteiger charge is 2.25. The van der Waals surface area contributed by atoms with Gasteiger partial charge in [0.1, 0.15) is 0 Å². The molecule has 28 heavy (non-hydrogen) atoms. The lowest BCUT2D eigenvalue weighted by Crippen LogP contribution is -2.48. The molecule has 146 valence electrons. The fraction of sp³-hybridized carbons (Fsp3) is 0.350. The van der Waals surface area contributed by atoms with Crippen molar-refractivity contribution < 1.29 is 9.32 Å². The molecular formula is C20H21ClN4O2S. The number of thiophene rings is 1. The van der Waals surface area contributed by atoms with Crippen LogP contribution in [-0.4, -0.2) is 52.0 Å². The van der Waals surface area contributed by atoms with Crippen molar-refractivity contribution in [3.8, 4) is 11.4 Å². The Morgan fingerprint density at radius 2 is 1.89 bits per heavy atom. The fourth-order valence-corrected chi connectivity index (χ4v) is 4.39. The van der Waals surface area contributed by atoms with Gasteiger partial charge in [0.2, 0.25) is 11.7 Å². The highest BCUT2D eigenvalue weighted by Crippen LogP contribution is 2.23. The Labute approximate surface area is 172 Å². The van der Waals surface area contributed by atoms with Gasteiger partial charge in [-0.3, -0.25) is 9.69 Å². The number of piperazine rings is 1. The highest BCUT2D eigenvalue weighted by molar-refractivity contribution is 7.12. The van der Waals surface area contributed by atoms with Gasteiger partial charge < -0.3 is 9.42 Å². The molecule has 8 heteroatoms. The van der Waals surface area contributed by atoms with E-state index in [-0.39, 0.29) is 5.91 Å². The summed E-state index contributed by atoms with van der Waals surface area (Å²) in [6, 6.07) is 9.34. The van der Waals surface area contributed by atoms with E-state index in [4.69, 9.17) is 16.1 Å². The van der Waals surface area contributed by atoms with E-state index in [2.05, 4.69) is 15.0 Å². The first-order valence-electron chi connectivity index (χ1n) is 9.17. The Morgan fingerprint density at radius 1 is 1.18 bits per heavy atom. The highest BCUT2D eigenvalue weighted by atomic mass is 35.5. The molecule has 3 heterocycles. The van der Waals surface area contributed by atoms with Gasteiger partial charge in [-0.2, -0.15) is 4.98 Å². The lowest BCUT2D eigenvalue weighted by atomic mass is 10.2. The van der Waals surface area contributed by atoms with Crippen LogP contribution < -0.4 is 0 Å². The molecule has 2 aromatic heterocycles. The summed E-state index contributed by atoms with van der Waals surface area (Å²) in [5.41, 5.74) is 1.71. The molecule has 1 saturated heterocycles. The minimum atomic E-state index is 0.129. The van der Waals surface area contributed by atoms with Crippen LogP contribution in [0.3, 0.4) is 0 Å². The van der Waals surface area contributed by atoms with Crippen LogP contribution in [0.4, 0.5) is 0 Å². The van der Waals surface area contributed by atoms with Crippen molar-refractivity contribution in [3.05, 3.63) is 56.6 Å². The monoisotopic (exact) mass is 416 g/mol. The van der Waals surface area contributed by atoms with Crippen molar-refractivity contribution in [2.24, 2.45) is 0 Å². The Bertz CT molecular complexity index is 975. The predicted molar refractivity (Wildman–Crippen MR) is 110 cm³/mol. The molecule has 1 aliphatic heterocycles. The molecule has 4 rings (SSSR count). The van der Waals surface area contributed by atoms with Gasteiger partial charge in [0, 0.05) is 46.5 Å².